The number of hydrogen-bond donors (Lipinski definition) is 1. The van der Waals surface area contributed by atoms with Gasteiger partial charge in [0.05, 0.1) is 34.1 Å². The molecular formula is C73H63F2N9O8S3. The summed E-state index contributed by atoms with van der Waals surface area (Å²) in [7, 11) is 0. The lowest BCUT2D eigenvalue weighted by atomic mass is 10.1. The number of halogens is 2. The number of fused-ring (bicyclic) bond motifs is 1. The Bertz CT molecular complexity index is 4480. The molecule has 1 aliphatic heterocycles. The Balaban J connectivity index is 0.000000164. The van der Waals surface area contributed by atoms with E-state index in [1.807, 2.05) is 183 Å². The number of thioether (sulfide) groups is 2. The van der Waals surface area contributed by atoms with Crippen LogP contribution >= 0.6 is 34.9 Å². The molecule has 4 aromatic heterocycles. The van der Waals surface area contributed by atoms with Gasteiger partial charge < -0.3 is 24.2 Å². The maximum Gasteiger partial charge on any atom is 0.231 e. The molecule has 1 N–H and O–H groups in total. The third kappa shape index (κ3) is 19.0. The fraction of sp³-hybridized carbons (Fsp3) is 0.137. The fourth-order valence-electron chi connectivity index (χ4n) is 9.73. The van der Waals surface area contributed by atoms with Crippen LogP contribution in [0.25, 0.3) is 51.2 Å². The van der Waals surface area contributed by atoms with Crippen LogP contribution in [0.3, 0.4) is 0 Å². The zero-order valence-electron chi connectivity index (χ0n) is 51.7. The van der Waals surface area contributed by atoms with Crippen LogP contribution in [-0.4, -0.2) is 98.6 Å². The number of benzene rings is 8. The third-order valence-corrected chi connectivity index (χ3v) is 17.1. The maximum absolute atomic E-state index is 14.3. The first kappa shape index (κ1) is 68.7. The van der Waals surface area contributed by atoms with Crippen LogP contribution < -0.4 is 9.47 Å². The summed E-state index contributed by atoms with van der Waals surface area (Å²) in [6, 6.07) is 65.0. The van der Waals surface area contributed by atoms with Crippen LogP contribution in [0.1, 0.15) is 39.0 Å². The molecular weight excluding hydrogens is 1270 g/mol. The number of aliphatic hydroxyl groups is 1. The lowest BCUT2D eigenvalue weighted by Crippen LogP contribution is -2.06. The van der Waals surface area contributed by atoms with Crippen LogP contribution in [0.2, 0.25) is 0 Å². The van der Waals surface area contributed by atoms with Gasteiger partial charge in [0.15, 0.2) is 34.8 Å². The van der Waals surface area contributed by atoms with E-state index in [1.165, 1.54) is 18.2 Å². The molecule has 5 heterocycles. The molecule has 0 radical (unpaired) electrons. The van der Waals surface area contributed by atoms with Crippen molar-refractivity contribution >= 4 is 65.8 Å². The Morgan fingerprint density at radius 2 is 0.979 bits per heavy atom. The van der Waals surface area contributed by atoms with Gasteiger partial charge in [-0.25, -0.2) is 37.8 Å². The number of hydrogen-bond acceptors (Lipinski definition) is 17. The molecule has 0 saturated heterocycles. The fourth-order valence-corrected chi connectivity index (χ4v) is 12.0. The van der Waals surface area contributed by atoms with Crippen LogP contribution in [0.15, 0.2) is 227 Å². The van der Waals surface area contributed by atoms with Crippen molar-refractivity contribution in [2.45, 2.75) is 55.9 Å². The summed E-state index contributed by atoms with van der Waals surface area (Å²) in [5, 5.41) is 24.9. The zero-order chi connectivity index (χ0) is 67.1. The molecule has 13 rings (SSSR count). The summed E-state index contributed by atoms with van der Waals surface area (Å²) in [4.78, 5) is 69.6. The highest BCUT2D eigenvalue weighted by Crippen LogP contribution is 2.36. The quantitative estimate of drug-likeness (QED) is 0.0662. The number of thiophene rings is 1. The topological polar surface area (TPSA) is 216 Å². The van der Waals surface area contributed by atoms with Crippen molar-refractivity contribution in [1.82, 2.24) is 44.3 Å². The van der Waals surface area contributed by atoms with Gasteiger partial charge in [0.25, 0.3) is 0 Å². The average Bonchev–Trinajstić information content (AvgIpc) is 1.75. The standard InChI is InChI=1S/C25H21N3O4S.C24H20FN3OS.C22H18FN3OS.2CH2O/c29-14-24-26-25(18-8-11-22-23(13-18)32-16-31-22)28(27-24)19-9-6-17(7-10-19)12-20(30)15-33-21-4-2-1-3-5-21;1-17-26-24(22-9-5-6-10-23(22)25)28(27-17)19-13-11-18(12-14-19)15-20(29)16-30-21-7-3-2-4-8-21;1-15-24-22(17-4-2-5-18(23)13-17)26(25-15)19-9-7-16(8-10-19)12-20(27)14-21-6-3-11-28-21;2*1-2/h1-11,13,29H,12,14-16H2;2-14H,15-16H2,1H3;2-11,13H,12,14H2,1H3;2*1H2. The Hall–Kier alpha value is -10.7. The Labute approximate surface area is 559 Å². The van der Waals surface area contributed by atoms with Gasteiger partial charge in [0, 0.05) is 51.5 Å². The number of carbonyl (C=O) groups excluding carboxylic acids is 5. The second-order valence-corrected chi connectivity index (χ2v) is 24.0. The van der Waals surface area contributed by atoms with Crippen molar-refractivity contribution in [2.24, 2.45) is 0 Å². The van der Waals surface area contributed by atoms with E-state index in [1.54, 1.807) is 93.1 Å². The highest BCUT2D eigenvalue weighted by atomic mass is 32.2. The summed E-state index contributed by atoms with van der Waals surface area (Å²) in [6.45, 7) is 7.50. The lowest BCUT2D eigenvalue weighted by molar-refractivity contribution is -0.118. The van der Waals surface area contributed by atoms with Crippen molar-refractivity contribution in [3.8, 4) is 62.7 Å². The van der Waals surface area contributed by atoms with Gasteiger partial charge in [-0.05, 0) is 145 Å². The first-order valence-electron chi connectivity index (χ1n) is 29.5. The molecule has 95 heavy (non-hydrogen) atoms. The minimum atomic E-state index is -0.343. The Morgan fingerprint density at radius 3 is 1.51 bits per heavy atom. The molecule has 0 fully saturated rings. The Morgan fingerprint density at radius 1 is 0.495 bits per heavy atom. The largest absolute Gasteiger partial charge is 0.454 e. The highest BCUT2D eigenvalue weighted by Gasteiger charge is 2.21. The number of ketones is 3. The van der Waals surface area contributed by atoms with E-state index < -0.39 is 0 Å². The summed E-state index contributed by atoms with van der Waals surface area (Å²) in [6.07, 6.45) is 1.60. The normalized spacial score (nSPS) is 11.0. The summed E-state index contributed by atoms with van der Waals surface area (Å²) < 4.78 is 43.7. The van der Waals surface area contributed by atoms with Crippen molar-refractivity contribution in [3.05, 3.63) is 268 Å². The number of nitrogens with zero attached hydrogens (tertiary/aromatic N) is 9. The monoisotopic (exact) mass is 1330 g/mol. The number of aliphatic hydroxyl groups excluding tert-OH is 1. The molecule has 8 aromatic carbocycles. The van der Waals surface area contributed by atoms with Gasteiger partial charge in [-0.15, -0.1) is 40.0 Å². The molecule has 0 aliphatic carbocycles. The molecule has 0 atom stereocenters. The zero-order valence-corrected chi connectivity index (χ0v) is 54.1. The Kier molecular flexibility index (Phi) is 24.8. The lowest BCUT2D eigenvalue weighted by Gasteiger charge is -2.08. The van der Waals surface area contributed by atoms with E-state index in [9.17, 15) is 28.3 Å². The van der Waals surface area contributed by atoms with Gasteiger partial charge in [-0.2, -0.15) is 10.2 Å². The highest BCUT2D eigenvalue weighted by molar-refractivity contribution is 8.00. The smallest absolute Gasteiger partial charge is 0.231 e. The van der Waals surface area contributed by atoms with Crippen molar-refractivity contribution in [1.29, 1.82) is 0 Å². The molecule has 480 valence electrons. The van der Waals surface area contributed by atoms with Gasteiger partial charge in [-0.3, -0.25) is 14.4 Å². The van der Waals surface area contributed by atoms with Crippen molar-refractivity contribution in [3.63, 3.8) is 0 Å². The minimum absolute atomic E-state index is 0.167. The number of aromatic nitrogens is 9. The number of ether oxygens (including phenoxy) is 2. The van der Waals surface area contributed by atoms with Crippen LogP contribution in [-0.2, 0) is 56.3 Å². The van der Waals surface area contributed by atoms with Gasteiger partial charge in [0.1, 0.15) is 60.8 Å². The van der Waals surface area contributed by atoms with E-state index >= 15 is 0 Å². The molecule has 0 unspecified atom stereocenters. The second kappa shape index (κ2) is 34.3. The molecule has 17 nitrogen and oxygen atoms in total. The molecule has 0 spiro atoms. The predicted octanol–water partition coefficient (Wildman–Crippen LogP) is 13.8. The summed E-state index contributed by atoms with van der Waals surface area (Å²) >= 11 is 4.69. The molecule has 0 bridgehead atoms. The van der Waals surface area contributed by atoms with E-state index in [0.29, 0.717) is 94.8 Å². The number of aryl methyl sites for hydroxylation is 2. The van der Waals surface area contributed by atoms with E-state index in [-0.39, 0.29) is 42.4 Å². The van der Waals surface area contributed by atoms with E-state index in [2.05, 4.69) is 30.2 Å². The van der Waals surface area contributed by atoms with Gasteiger partial charge in [-0.1, -0.05) is 103 Å². The summed E-state index contributed by atoms with van der Waals surface area (Å²) in [5.41, 5.74) is 7.04. The van der Waals surface area contributed by atoms with Crippen LogP contribution in [0, 0.1) is 25.5 Å². The average molecular weight is 1330 g/mol. The summed E-state index contributed by atoms with van der Waals surface area (Å²) in [5.74, 6) is 5.17. The number of rotatable bonds is 21. The van der Waals surface area contributed by atoms with Crippen LogP contribution in [0.4, 0.5) is 8.78 Å². The van der Waals surface area contributed by atoms with Crippen LogP contribution in [0.5, 0.6) is 11.5 Å². The molecule has 1 aliphatic rings. The second-order valence-electron chi connectivity index (χ2n) is 20.9. The van der Waals surface area contributed by atoms with Gasteiger partial charge >= 0.3 is 0 Å². The molecule has 0 saturated carbocycles. The molecule has 12 aromatic rings. The van der Waals surface area contributed by atoms with Gasteiger partial charge in [0.2, 0.25) is 6.79 Å². The van der Waals surface area contributed by atoms with Crippen molar-refractivity contribution < 1.29 is 47.3 Å². The number of carbonyl (C=O) groups is 5. The van der Waals surface area contributed by atoms with E-state index in [0.717, 1.165) is 54.0 Å². The first-order chi connectivity index (χ1) is 46.4. The van der Waals surface area contributed by atoms with E-state index in [4.69, 9.17) is 19.1 Å². The predicted molar refractivity (Wildman–Crippen MR) is 365 cm³/mol. The SMILES string of the molecule is C=O.C=O.Cc1nc(-c2cccc(F)c2)n(-c2ccc(CC(=O)Cc3cccs3)cc2)n1.Cc1nc(-c2ccccc2F)n(-c2ccc(CC(=O)CSc3ccccc3)cc2)n1.O=C(CSc1ccccc1)Cc1ccc(-n2nc(CO)nc2-c2ccc3c(c2)OCO3)cc1. The molecule has 0 amide bonds. The molecule has 22 heteroatoms. The minimum Gasteiger partial charge on any atom is -0.454 e. The van der Waals surface area contributed by atoms with Crippen molar-refractivity contribution in [2.75, 3.05) is 18.3 Å². The number of Topliss-reactive ketones (excluding diaryl/α,β-unsaturated/α-hetero) is 3. The maximum atomic E-state index is 14.3. The third-order valence-electron chi connectivity index (χ3n) is 14.0. The first-order valence-corrected chi connectivity index (χ1v) is 32.4.